The molecule has 3 aromatic rings. The van der Waals surface area contributed by atoms with Crippen LogP contribution >= 0.6 is 0 Å². The zero-order valence-corrected chi connectivity index (χ0v) is 20.4. The van der Waals surface area contributed by atoms with E-state index >= 15 is 0 Å². The second-order valence-electron chi connectivity index (χ2n) is 9.13. The van der Waals surface area contributed by atoms with Crippen LogP contribution in [0.4, 0.5) is 18.9 Å². The summed E-state index contributed by atoms with van der Waals surface area (Å²) in [6, 6.07) is 11.0. The number of benzene rings is 1. The predicted octanol–water partition coefficient (Wildman–Crippen LogP) is 6.70. The molecule has 1 aromatic carbocycles. The number of aryl methyl sites for hydroxylation is 1. The van der Waals surface area contributed by atoms with E-state index < -0.39 is 11.9 Å². The number of pyridine rings is 2. The SMILES string of the molecule is C=Cc1ncc(-c2cc(-c3ccnc(C(F)(F)F)c3)ccc2C)cc1N1CCCC1CN(C)CC. The van der Waals surface area contributed by atoms with Crippen LogP contribution in [0, 0.1) is 6.92 Å². The maximum atomic E-state index is 13.2. The lowest BCUT2D eigenvalue weighted by Gasteiger charge is -2.31. The number of hydrogen-bond acceptors (Lipinski definition) is 4. The smallest absolute Gasteiger partial charge is 0.365 e. The Labute approximate surface area is 205 Å². The van der Waals surface area contributed by atoms with Gasteiger partial charge in [-0.05, 0) is 86.0 Å². The van der Waals surface area contributed by atoms with Crippen LogP contribution in [0.5, 0.6) is 0 Å². The van der Waals surface area contributed by atoms with Crippen LogP contribution in [-0.4, -0.2) is 47.6 Å². The van der Waals surface area contributed by atoms with Gasteiger partial charge >= 0.3 is 6.18 Å². The molecule has 0 bridgehead atoms. The first-order valence-corrected chi connectivity index (χ1v) is 11.9. The fourth-order valence-electron chi connectivity index (χ4n) is 4.71. The molecule has 0 spiro atoms. The Hall–Kier alpha value is -3.19. The van der Waals surface area contributed by atoms with E-state index in [1.54, 1.807) is 12.1 Å². The van der Waals surface area contributed by atoms with E-state index in [-0.39, 0.29) is 0 Å². The Balaban J connectivity index is 1.74. The van der Waals surface area contributed by atoms with E-state index in [0.717, 1.165) is 66.6 Å². The van der Waals surface area contributed by atoms with Crippen molar-refractivity contribution in [2.75, 3.05) is 31.6 Å². The number of rotatable bonds is 7. The van der Waals surface area contributed by atoms with Gasteiger partial charge in [0.25, 0.3) is 0 Å². The largest absolute Gasteiger partial charge is 0.433 e. The van der Waals surface area contributed by atoms with Crippen LogP contribution in [0.25, 0.3) is 28.3 Å². The van der Waals surface area contributed by atoms with Crippen LogP contribution in [0.2, 0.25) is 0 Å². The second kappa shape index (κ2) is 10.2. The fraction of sp³-hybridized carbons (Fsp3) is 0.357. The number of hydrogen-bond donors (Lipinski definition) is 0. The zero-order chi connectivity index (χ0) is 25.2. The van der Waals surface area contributed by atoms with Crippen LogP contribution in [0.1, 0.15) is 36.7 Å². The highest BCUT2D eigenvalue weighted by atomic mass is 19.4. The minimum atomic E-state index is -4.49. The number of halogens is 3. The summed E-state index contributed by atoms with van der Waals surface area (Å²) in [4.78, 5) is 13.0. The zero-order valence-electron chi connectivity index (χ0n) is 20.4. The molecule has 1 saturated heterocycles. The molecule has 0 amide bonds. The molecule has 184 valence electrons. The van der Waals surface area contributed by atoms with E-state index in [1.165, 1.54) is 6.20 Å². The molecule has 2 aromatic heterocycles. The topological polar surface area (TPSA) is 32.3 Å². The van der Waals surface area contributed by atoms with Crippen molar-refractivity contribution in [2.24, 2.45) is 0 Å². The Morgan fingerprint density at radius 2 is 1.89 bits per heavy atom. The highest BCUT2D eigenvalue weighted by molar-refractivity contribution is 5.79. The minimum Gasteiger partial charge on any atom is -0.365 e. The van der Waals surface area contributed by atoms with Crippen LogP contribution < -0.4 is 4.90 Å². The summed E-state index contributed by atoms with van der Waals surface area (Å²) in [5.41, 5.74) is 5.09. The lowest BCUT2D eigenvalue weighted by Crippen LogP contribution is -2.39. The molecule has 35 heavy (non-hydrogen) atoms. The first kappa shape index (κ1) is 24.9. The van der Waals surface area contributed by atoms with Gasteiger partial charge in [0.1, 0.15) is 5.69 Å². The van der Waals surface area contributed by atoms with E-state index in [9.17, 15) is 13.2 Å². The Bertz CT molecular complexity index is 1210. The second-order valence-corrected chi connectivity index (χ2v) is 9.13. The van der Waals surface area contributed by atoms with Gasteiger partial charge in [0.05, 0.1) is 11.4 Å². The third-order valence-corrected chi connectivity index (χ3v) is 6.77. The number of nitrogens with zero attached hydrogens (tertiary/aromatic N) is 4. The van der Waals surface area contributed by atoms with Crippen molar-refractivity contribution in [3.63, 3.8) is 0 Å². The molecule has 0 radical (unpaired) electrons. The third kappa shape index (κ3) is 5.40. The van der Waals surface area contributed by atoms with Crippen molar-refractivity contribution in [1.29, 1.82) is 0 Å². The van der Waals surface area contributed by atoms with Crippen molar-refractivity contribution in [3.05, 3.63) is 72.3 Å². The van der Waals surface area contributed by atoms with Gasteiger partial charge in [-0.2, -0.15) is 13.2 Å². The number of likely N-dealkylation sites (N-methyl/N-ethyl adjacent to an activating group) is 1. The molecule has 1 aliphatic rings. The summed E-state index contributed by atoms with van der Waals surface area (Å²) in [5, 5.41) is 0. The first-order chi connectivity index (χ1) is 16.7. The fourth-order valence-corrected chi connectivity index (χ4v) is 4.71. The molecule has 0 aliphatic carbocycles. The quantitative estimate of drug-likeness (QED) is 0.377. The summed E-state index contributed by atoms with van der Waals surface area (Å²) in [6.45, 7) is 11.1. The maximum absolute atomic E-state index is 13.2. The monoisotopic (exact) mass is 480 g/mol. The number of alkyl halides is 3. The van der Waals surface area contributed by atoms with Crippen LogP contribution in [0.3, 0.4) is 0 Å². The molecule has 1 aliphatic heterocycles. The molecule has 3 heterocycles. The molecule has 1 atom stereocenters. The average molecular weight is 481 g/mol. The van der Waals surface area contributed by atoms with E-state index in [4.69, 9.17) is 4.98 Å². The highest BCUT2D eigenvalue weighted by Crippen LogP contribution is 2.36. The van der Waals surface area contributed by atoms with Crippen LogP contribution in [0.15, 0.2) is 55.4 Å². The van der Waals surface area contributed by atoms with Gasteiger partial charge in [-0.1, -0.05) is 25.6 Å². The first-order valence-electron chi connectivity index (χ1n) is 11.9. The standard InChI is InChI=1S/C28H31F3N4/c1-5-25-26(35-13-7-8-23(35)18-34(4)6-2)15-22(17-33-25)24-14-20(10-9-19(24)3)21-11-12-32-27(16-21)28(29,30)31/h5,9-12,14-17,23H,1,6-8,13,18H2,2-4H3. The third-order valence-electron chi connectivity index (χ3n) is 6.77. The highest BCUT2D eigenvalue weighted by Gasteiger charge is 2.32. The Kier molecular flexibility index (Phi) is 7.26. The minimum absolute atomic E-state index is 0.403. The summed E-state index contributed by atoms with van der Waals surface area (Å²) < 4.78 is 39.6. The summed E-state index contributed by atoms with van der Waals surface area (Å²) >= 11 is 0. The van der Waals surface area contributed by atoms with Gasteiger partial charge < -0.3 is 9.80 Å². The average Bonchev–Trinajstić information content (AvgIpc) is 3.31. The molecule has 4 rings (SSSR count). The van der Waals surface area contributed by atoms with Crippen molar-refractivity contribution < 1.29 is 13.2 Å². The molecule has 1 fully saturated rings. The van der Waals surface area contributed by atoms with E-state index in [1.807, 2.05) is 31.3 Å². The number of aromatic nitrogens is 2. The van der Waals surface area contributed by atoms with Gasteiger partial charge in [0, 0.05) is 37.1 Å². The molecule has 0 saturated carbocycles. The summed E-state index contributed by atoms with van der Waals surface area (Å²) in [6.07, 6.45) is 2.59. The summed E-state index contributed by atoms with van der Waals surface area (Å²) in [7, 11) is 2.14. The molecular weight excluding hydrogens is 449 g/mol. The Morgan fingerprint density at radius 3 is 2.60 bits per heavy atom. The molecular formula is C28H31F3N4. The number of anilines is 1. The molecule has 0 N–H and O–H groups in total. The van der Waals surface area contributed by atoms with Gasteiger partial charge in [0.2, 0.25) is 0 Å². The molecule has 7 heteroatoms. The lowest BCUT2D eigenvalue weighted by molar-refractivity contribution is -0.141. The van der Waals surface area contributed by atoms with E-state index in [0.29, 0.717) is 17.2 Å². The van der Waals surface area contributed by atoms with Gasteiger partial charge in [-0.3, -0.25) is 9.97 Å². The van der Waals surface area contributed by atoms with Crippen molar-refractivity contribution in [2.45, 2.75) is 38.9 Å². The van der Waals surface area contributed by atoms with Gasteiger partial charge in [0.15, 0.2) is 0 Å². The normalized spacial score (nSPS) is 16.2. The Morgan fingerprint density at radius 1 is 1.11 bits per heavy atom. The predicted molar refractivity (Wildman–Crippen MR) is 136 cm³/mol. The molecule has 4 nitrogen and oxygen atoms in total. The van der Waals surface area contributed by atoms with Gasteiger partial charge in [-0.25, -0.2) is 0 Å². The van der Waals surface area contributed by atoms with Crippen LogP contribution in [-0.2, 0) is 6.18 Å². The molecule has 1 unspecified atom stereocenters. The van der Waals surface area contributed by atoms with Gasteiger partial charge in [-0.15, -0.1) is 0 Å². The maximum Gasteiger partial charge on any atom is 0.433 e. The lowest BCUT2D eigenvalue weighted by atomic mass is 9.95. The summed E-state index contributed by atoms with van der Waals surface area (Å²) in [5.74, 6) is 0. The van der Waals surface area contributed by atoms with Crippen molar-refractivity contribution in [3.8, 4) is 22.3 Å². The van der Waals surface area contributed by atoms with Crippen molar-refractivity contribution in [1.82, 2.24) is 14.9 Å². The van der Waals surface area contributed by atoms with E-state index in [2.05, 4.69) is 41.4 Å². The van der Waals surface area contributed by atoms with Crippen molar-refractivity contribution >= 4 is 11.8 Å².